The molecule has 1 aliphatic heterocycles. The molecule has 0 bridgehead atoms. The fraction of sp³-hybridized carbons (Fsp3) is 0.550. The van der Waals surface area contributed by atoms with Gasteiger partial charge in [-0.15, -0.1) is 0 Å². The first-order valence-electron chi connectivity index (χ1n) is 9.71. The van der Waals surface area contributed by atoms with Crippen LogP contribution in [0.4, 0.5) is 0 Å². The molecule has 2 heterocycles. The van der Waals surface area contributed by atoms with Crippen molar-refractivity contribution in [1.82, 2.24) is 24.8 Å². The fourth-order valence-corrected chi connectivity index (χ4v) is 3.42. The van der Waals surface area contributed by atoms with Gasteiger partial charge in [-0.1, -0.05) is 29.4 Å². The van der Waals surface area contributed by atoms with E-state index in [9.17, 15) is 4.79 Å². The first-order chi connectivity index (χ1) is 13.1. The monoisotopic (exact) mass is 371 g/mol. The summed E-state index contributed by atoms with van der Waals surface area (Å²) in [4.78, 5) is 23.2. The molecular formula is C20H29N5O2. The van der Waals surface area contributed by atoms with Gasteiger partial charge in [-0.05, 0) is 26.3 Å². The lowest BCUT2D eigenvalue weighted by molar-refractivity contribution is -0.132. The minimum atomic E-state index is 0.216. The van der Waals surface area contributed by atoms with E-state index >= 15 is 0 Å². The molecule has 1 aliphatic rings. The Morgan fingerprint density at radius 3 is 2.44 bits per heavy atom. The zero-order valence-electron chi connectivity index (χ0n) is 16.5. The third kappa shape index (κ3) is 4.93. The number of carbonyl (C=O) groups is 1. The van der Waals surface area contributed by atoms with E-state index in [0.717, 1.165) is 50.4 Å². The lowest BCUT2D eigenvalue weighted by Crippen LogP contribution is -2.49. The second kappa shape index (κ2) is 9.10. The van der Waals surface area contributed by atoms with Crippen LogP contribution in [0.5, 0.6) is 0 Å². The van der Waals surface area contributed by atoms with E-state index in [1.54, 1.807) is 0 Å². The maximum Gasteiger partial charge on any atom is 0.241 e. The summed E-state index contributed by atoms with van der Waals surface area (Å²) in [6, 6.07) is 8.04. The normalized spacial score (nSPS) is 15.8. The third-order valence-electron chi connectivity index (χ3n) is 5.15. The van der Waals surface area contributed by atoms with E-state index in [4.69, 9.17) is 4.52 Å². The molecule has 2 aromatic rings. The zero-order valence-corrected chi connectivity index (χ0v) is 16.5. The van der Waals surface area contributed by atoms with Crippen molar-refractivity contribution in [3.05, 3.63) is 35.7 Å². The van der Waals surface area contributed by atoms with Gasteiger partial charge in [0.15, 0.2) is 0 Å². The summed E-state index contributed by atoms with van der Waals surface area (Å²) in [6.07, 6.45) is 0. The van der Waals surface area contributed by atoms with E-state index in [2.05, 4.69) is 19.9 Å². The molecule has 1 aromatic carbocycles. The fourth-order valence-electron chi connectivity index (χ4n) is 3.42. The Bertz CT molecular complexity index is 748. The van der Waals surface area contributed by atoms with E-state index in [1.165, 1.54) is 0 Å². The summed E-state index contributed by atoms with van der Waals surface area (Å²) in [7, 11) is 0. The Hall–Kier alpha value is -2.25. The molecule has 0 N–H and O–H groups in total. The van der Waals surface area contributed by atoms with Crippen LogP contribution in [0.1, 0.15) is 25.3 Å². The number of carbonyl (C=O) groups excluding carboxylic acids is 1. The number of hydrogen-bond donors (Lipinski definition) is 0. The summed E-state index contributed by atoms with van der Waals surface area (Å²) < 4.78 is 5.45. The quantitative estimate of drug-likeness (QED) is 0.742. The Kier molecular flexibility index (Phi) is 6.58. The van der Waals surface area contributed by atoms with E-state index < -0.39 is 0 Å². The SMILES string of the molecule is CCN(CC)C(=O)CN1CCN(Cc2nc(-c3ccccc3C)no2)CC1. The number of piperazine rings is 1. The standard InChI is InChI=1S/C20H29N5O2/c1-4-25(5-2)19(26)15-24-12-10-23(11-13-24)14-18-21-20(22-27-18)17-9-7-6-8-16(17)3/h6-9H,4-5,10-15H2,1-3H3. The van der Waals surface area contributed by atoms with Crippen LogP contribution in [0.2, 0.25) is 0 Å². The number of rotatable bonds is 7. The van der Waals surface area contributed by atoms with Gasteiger partial charge in [0, 0.05) is 44.8 Å². The first kappa shape index (κ1) is 19.5. The topological polar surface area (TPSA) is 65.7 Å². The van der Waals surface area contributed by atoms with Crippen LogP contribution in [-0.2, 0) is 11.3 Å². The average molecular weight is 371 g/mol. The van der Waals surface area contributed by atoms with Crippen molar-refractivity contribution in [2.45, 2.75) is 27.3 Å². The van der Waals surface area contributed by atoms with Gasteiger partial charge in [-0.25, -0.2) is 0 Å². The van der Waals surface area contributed by atoms with Crippen molar-refractivity contribution in [2.75, 3.05) is 45.8 Å². The Balaban J connectivity index is 1.50. The summed E-state index contributed by atoms with van der Waals surface area (Å²) in [5, 5.41) is 4.13. The molecule has 1 fully saturated rings. The predicted octanol–water partition coefficient (Wildman–Crippen LogP) is 2.03. The Morgan fingerprint density at radius 1 is 1.11 bits per heavy atom. The molecule has 3 rings (SSSR count). The highest BCUT2D eigenvalue weighted by molar-refractivity contribution is 5.78. The van der Waals surface area contributed by atoms with Crippen molar-refractivity contribution in [3.63, 3.8) is 0 Å². The van der Waals surface area contributed by atoms with Gasteiger partial charge in [0.25, 0.3) is 0 Å². The van der Waals surface area contributed by atoms with Gasteiger partial charge in [-0.2, -0.15) is 4.98 Å². The number of amides is 1. The number of likely N-dealkylation sites (N-methyl/N-ethyl adjacent to an activating group) is 1. The maximum atomic E-state index is 12.2. The molecule has 0 unspecified atom stereocenters. The van der Waals surface area contributed by atoms with Crippen molar-refractivity contribution < 1.29 is 9.32 Å². The summed E-state index contributed by atoms with van der Waals surface area (Å²) >= 11 is 0. The van der Waals surface area contributed by atoms with Gasteiger partial charge in [0.1, 0.15) is 0 Å². The minimum absolute atomic E-state index is 0.216. The van der Waals surface area contributed by atoms with Crippen molar-refractivity contribution >= 4 is 5.91 Å². The highest BCUT2D eigenvalue weighted by Crippen LogP contribution is 2.20. The first-order valence-corrected chi connectivity index (χ1v) is 9.71. The Morgan fingerprint density at radius 2 is 1.78 bits per heavy atom. The number of aryl methyl sites for hydroxylation is 1. The molecule has 0 saturated carbocycles. The van der Waals surface area contributed by atoms with Gasteiger partial charge in [-0.3, -0.25) is 14.6 Å². The van der Waals surface area contributed by atoms with Crippen LogP contribution >= 0.6 is 0 Å². The summed E-state index contributed by atoms with van der Waals surface area (Å²) in [5.41, 5.74) is 2.14. The van der Waals surface area contributed by atoms with Gasteiger partial charge >= 0.3 is 0 Å². The minimum Gasteiger partial charge on any atom is -0.342 e. The van der Waals surface area contributed by atoms with Crippen LogP contribution in [0, 0.1) is 6.92 Å². The highest BCUT2D eigenvalue weighted by Gasteiger charge is 2.22. The second-order valence-electron chi connectivity index (χ2n) is 6.94. The molecule has 0 aliphatic carbocycles. The summed E-state index contributed by atoms with van der Waals surface area (Å²) in [6.45, 7) is 12.3. The van der Waals surface area contributed by atoms with Gasteiger partial charge in [0.05, 0.1) is 13.1 Å². The molecule has 1 saturated heterocycles. The smallest absolute Gasteiger partial charge is 0.241 e. The molecule has 7 nitrogen and oxygen atoms in total. The van der Waals surface area contributed by atoms with Crippen LogP contribution < -0.4 is 0 Å². The molecule has 0 spiro atoms. The molecule has 0 atom stereocenters. The maximum absolute atomic E-state index is 12.2. The molecule has 0 radical (unpaired) electrons. The second-order valence-corrected chi connectivity index (χ2v) is 6.94. The number of benzene rings is 1. The van der Waals surface area contributed by atoms with Crippen LogP contribution in [0.25, 0.3) is 11.4 Å². The molecule has 146 valence electrons. The molecule has 7 heteroatoms. The van der Waals surface area contributed by atoms with Crippen molar-refractivity contribution in [1.29, 1.82) is 0 Å². The van der Waals surface area contributed by atoms with E-state index in [-0.39, 0.29) is 5.91 Å². The van der Waals surface area contributed by atoms with Crippen LogP contribution in [0.15, 0.2) is 28.8 Å². The summed E-state index contributed by atoms with van der Waals surface area (Å²) in [5.74, 6) is 1.50. The average Bonchev–Trinajstić information content (AvgIpc) is 3.13. The number of aromatic nitrogens is 2. The lowest BCUT2D eigenvalue weighted by Gasteiger charge is -2.34. The van der Waals surface area contributed by atoms with Crippen molar-refractivity contribution in [2.24, 2.45) is 0 Å². The lowest BCUT2D eigenvalue weighted by atomic mass is 10.1. The molecule has 27 heavy (non-hydrogen) atoms. The van der Waals surface area contributed by atoms with E-state index in [1.807, 2.05) is 49.9 Å². The van der Waals surface area contributed by atoms with E-state index in [0.29, 0.717) is 24.8 Å². The van der Waals surface area contributed by atoms with Gasteiger partial charge < -0.3 is 9.42 Å². The predicted molar refractivity (Wildman–Crippen MR) is 104 cm³/mol. The third-order valence-corrected chi connectivity index (χ3v) is 5.15. The zero-order chi connectivity index (χ0) is 19.2. The number of hydrogen-bond acceptors (Lipinski definition) is 6. The van der Waals surface area contributed by atoms with Crippen LogP contribution in [-0.4, -0.2) is 76.6 Å². The van der Waals surface area contributed by atoms with Crippen LogP contribution in [0.3, 0.4) is 0 Å². The molecular weight excluding hydrogens is 342 g/mol. The Labute approximate surface area is 160 Å². The van der Waals surface area contributed by atoms with Crippen molar-refractivity contribution in [3.8, 4) is 11.4 Å². The largest absolute Gasteiger partial charge is 0.342 e. The number of nitrogens with zero attached hydrogens (tertiary/aromatic N) is 5. The highest BCUT2D eigenvalue weighted by atomic mass is 16.5. The molecule has 1 aromatic heterocycles. The molecule has 1 amide bonds. The van der Waals surface area contributed by atoms with Gasteiger partial charge in [0.2, 0.25) is 17.6 Å².